The van der Waals surface area contributed by atoms with Crippen molar-refractivity contribution in [3.8, 4) is 0 Å². The highest BCUT2D eigenvalue weighted by molar-refractivity contribution is 7.27. The first kappa shape index (κ1) is 53.3. The molecule has 12 aromatic carbocycles. The fourth-order valence-electron chi connectivity index (χ4n) is 10.8. The van der Waals surface area contributed by atoms with Crippen LogP contribution in [0.25, 0.3) is 104 Å². The van der Waals surface area contributed by atoms with Crippen LogP contribution in [0.4, 0.5) is 0 Å². The fraction of sp³-hybridized carbons (Fsp3) is 0.0857. The van der Waals surface area contributed by atoms with Crippen molar-refractivity contribution in [2.45, 2.75) is 40.0 Å². The van der Waals surface area contributed by atoms with E-state index in [9.17, 15) is 20.1 Å². The summed E-state index contributed by atoms with van der Waals surface area (Å²) in [5.41, 5.74) is 5.42. The van der Waals surface area contributed by atoms with Gasteiger partial charge in [-0.1, -0.05) is 246 Å². The van der Waals surface area contributed by atoms with Crippen LogP contribution in [0, 0.1) is 0 Å². The van der Waals surface area contributed by atoms with E-state index >= 15 is 0 Å². The van der Waals surface area contributed by atoms with Gasteiger partial charge < -0.3 is 20.1 Å². The van der Waals surface area contributed by atoms with Crippen LogP contribution in [0.3, 0.4) is 0 Å². The zero-order chi connectivity index (χ0) is 54.4. The first-order valence-corrected chi connectivity index (χ1v) is 29.4. The van der Waals surface area contributed by atoms with Gasteiger partial charge in [-0.05, 0) is 107 Å². The highest BCUT2D eigenvalue weighted by Crippen LogP contribution is 2.39. The molecule has 0 aliphatic carbocycles. The third-order valence-electron chi connectivity index (χ3n) is 14.4. The smallest absolute Gasteiger partial charge is 0.423 e. The summed E-state index contributed by atoms with van der Waals surface area (Å²) in [6.07, 6.45) is 3.32. The molecule has 0 radical (unpaired) electrons. The monoisotopic (exact) mass is 1080 g/mol. The van der Waals surface area contributed by atoms with Crippen LogP contribution in [0.5, 0.6) is 0 Å². The maximum Gasteiger partial charge on any atom is 0.489 e. The molecule has 9 heteroatoms. The van der Waals surface area contributed by atoms with Gasteiger partial charge in [0.05, 0.1) is 0 Å². The molecule has 0 aliphatic heterocycles. The third kappa shape index (κ3) is 10.9. The lowest BCUT2D eigenvalue weighted by Crippen LogP contribution is -2.30. The Bertz CT molecular complexity index is 4610. The maximum atomic E-state index is 9.44. The van der Waals surface area contributed by atoms with Crippen LogP contribution in [-0.2, 0) is 12.8 Å². The van der Waals surface area contributed by atoms with Crippen LogP contribution in [0.15, 0.2) is 237 Å². The Kier molecular flexibility index (Phi) is 16.3. The SMILES string of the molecule is CCC.CCc1cccc2c1sc1ccccc12.OB(O)c1cc2ccccc2c2ccccc12.OB(O)c1cccc2c1sc1ccccc12.c1ccc2c(c1)cc(Cc1cccc3c1sc1ccccc13)c1ccccc12. The van der Waals surface area contributed by atoms with E-state index in [0.717, 1.165) is 44.5 Å². The molecule has 0 aliphatic rings. The summed E-state index contributed by atoms with van der Waals surface area (Å²) in [7, 11) is -2.85. The molecule has 0 spiro atoms. The summed E-state index contributed by atoms with van der Waals surface area (Å²) < 4.78 is 7.77. The lowest BCUT2D eigenvalue weighted by Gasteiger charge is -2.11. The van der Waals surface area contributed by atoms with E-state index in [4.69, 9.17) is 0 Å². The first-order chi connectivity index (χ1) is 38.7. The molecule has 0 bridgehead atoms. The molecule has 0 saturated heterocycles. The maximum absolute atomic E-state index is 9.44. The van der Waals surface area contributed by atoms with Crippen molar-refractivity contribution < 1.29 is 20.1 Å². The average Bonchev–Trinajstić information content (AvgIpc) is 4.25. The number of rotatable bonds is 5. The minimum atomic E-state index is -1.44. The van der Waals surface area contributed by atoms with E-state index in [1.54, 1.807) is 17.4 Å². The van der Waals surface area contributed by atoms with E-state index < -0.39 is 14.2 Å². The van der Waals surface area contributed by atoms with Gasteiger partial charge in [0.15, 0.2) is 0 Å². The molecular weight excluding hydrogens is 1020 g/mol. The van der Waals surface area contributed by atoms with Crippen molar-refractivity contribution in [1.29, 1.82) is 0 Å². The Hall–Kier alpha value is -7.69. The Morgan fingerprint density at radius 2 is 0.646 bits per heavy atom. The first-order valence-electron chi connectivity index (χ1n) is 26.9. The quantitative estimate of drug-likeness (QED) is 0.102. The highest BCUT2D eigenvalue weighted by atomic mass is 32.1. The summed E-state index contributed by atoms with van der Waals surface area (Å²) in [6, 6.07) is 82.0. The summed E-state index contributed by atoms with van der Waals surface area (Å²) in [6.45, 7) is 6.47. The molecule has 79 heavy (non-hydrogen) atoms. The van der Waals surface area contributed by atoms with Crippen molar-refractivity contribution in [3.63, 3.8) is 0 Å². The predicted molar refractivity (Wildman–Crippen MR) is 349 cm³/mol. The normalized spacial score (nSPS) is 11.1. The number of benzene rings is 12. The predicted octanol–water partition coefficient (Wildman–Crippen LogP) is 17.4. The standard InChI is InChI=1S/C27H18S.C14H11BO2.C14H12S.C12H9BO2S.C3H8/c1-2-10-21-18(8-1)16-20(22-11-3-4-12-23(21)22)17-19-9-7-14-25-24-13-5-6-15-26(24)28-27(19)25;16-15(17)14-9-10-5-1-2-6-11(10)12-7-3-4-8-13(12)14;1-2-10-6-5-8-12-11-7-3-4-9-13(11)15-14(10)12;14-13(15)10-6-3-5-9-8-4-1-2-7-11(8)16-12(9)10;1-3-2/h1-16H,17H2;1-9,16-17H;3-9H,2H2,1H3;1-7,14-15H;3H2,1-2H3. The van der Waals surface area contributed by atoms with Crippen LogP contribution < -0.4 is 10.9 Å². The zero-order valence-corrected chi connectivity index (χ0v) is 46.8. The topological polar surface area (TPSA) is 80.9 Å². The fourth-order valence-corrected chi connectivity index (χ4v) is 14.5. The summed E-state index contributed by atoms with van der Waals surface area (Å²) in [5.74, 6) is 0. The summed E-state index contributed by atoms with van der Waals surface area (Å²) in [4.78, 5) is 0. The molecule has 15 aromatic rings. The lowest BCUT2D eigenvalue weighted by molar-refractivity contribution is 0.425. The van der Waals surface area contributed by atoms with E-state index in [2.05, 4.69) is 166 Å². The number of hydrogen-bond acceptors (Lipinski definition) is 7. The van der Waals surface area contributed by atoms with Crippen molar-refractivity contribution >= 4 is 163 Å². The molecule has 15 rings (SSSR count). The summed E-state index contributed by atoms with van der Waals surface area (Å²) >= 11 is 5.43. The second-order valence-electron chi connectivity index (χ2n) is 19.6. The minimum Gasteiger partial charge on any atom is -0.423 e. The van der Waals surface area contributed by atoms with Gasteiger partial charge in [-0.25, -0.2) is 0 Å². The minimum absolute atomic E-state index is 0.555. The molecule has 386 valence electrons. The number of hydrogen-bond donors (Lipinski definition) is 4. The van der Waals surface area contributed by atoms with Crippen LogP contribution in [0.1, 0.15) is 43.9 Å². The molecule has 0 unspecified atom stereocenters. The molecule has 0 fully saturated rings. The molecule has 0 amide bonds. The second-order valence-corrected chi connectivity index (χ2v) is 22.8. The third-order valence-corrected chi connectivity index (χ3v) is 18.1. The van der Waals surface area contributed by atoms with Crippen molar-refractivity contribution in [2.24, 2.45) is 0 Å². The molecule has 3 aromatic heterocycles. The van der Waals surface area contributed by atoms with Gasteiger partial charge >= 0.3 is 14.2 Å². The van der Waals surface area contributed by atoms with Gasteiger partial charge in [0, 0.05) is 55.1 Å². The van der Waals surface area contributed by atoms with E-state index in [0.29, 0.717) is 10.9 Å². The van der Waals surface area contributed by atoms with Crippen molar-refractivity contribution in [2.75, 3.05) is 0 Å². The van der Waals surface area contributed by atoms with Gasteiger partial charge in [0.1, 0.15) is 0 Å². The van der Waals surface area contributed by atoms with E-state index in [-0.39, 0.29) is 0 Å². The Morgan fingerprint density at radius 1 is 0.291 bits per heavy atom. The largest absolute Gasteiger partial charge is 0.489 e. The van der Waals surface area contributed by atoms with Crippen LogP contribution in [0.2, 0.25) is 0 Å². The van der Waals surface area contributed by atoms with Gasteiger partial charge in [-0.15, -0.1) is 34.0 Å². The highest BCUT2D eigenvalue weighted by Gasteiger charge is 2.18. The van der Waals surface area contributed by atoms with Gasteiger partial charge in [-0.3, -0.25) is 0 Å². The van der Waals surface area contributed by atoms with Crippen molar-refractivity contribution in [1.82, 2.24) is 0 Å². The molecule has 0 saturated carbocycles. The van der Waals surface area contributed by atoms with Crippen LogP contribution in [-0.4, -0.2) is 34.3 Å². The molecule has 4 N–H and O–H groups in total. The number of thiophene rings is 3. The molecular formula is C70H58B2O4S3. The summed E-state index contributed by atoms with van der Waals surface area (Å²) in [5, 5.41) is 54.8. The van der Waals surface area contributed by atoms with Gasteiger partial charge in [0.2, 0.25) is 0 Å². The molecule has 3 heterocycles. The van der Waals surface area contributed by atoms with Gasteiger partial charge in [0.25, 0.3) is 0 Å². The van der Waals surface area contributed by atoms with Crippen molar-refractivity contribution in [3.05, 3.63) is 253 Å². The Morgan fingerprint density at radius 3 is 1.15 bits per heavy atom. The zero-order valence-electron chi connectivity index (χ0n) is 44.3. The van der Waals surface area contributed by atoms with E-state index in [1.165, 1.54) is 95.1 Å². The van der Waals surface area contributed by atoms with Crippen LogP contribution >= 0.6 is 34.0 Å². The second kappa shape index (κ2) is 24.1. The molecule has 0 atom stereocenters. The Labute approximate surface area is 473 Å². The van der Waals surface area contributed by atoms with E-state index in [1.807, 2.05) is 108 Å². The number of fused-ring (bicyclic) bond motifs is 15. The number of aryl methyl sites for hydroxylation is 1. The van der Waals surface area contributed by atoms with Gasteiger partial charge in [-0.2, -0.15) is 0 Å². The Balaban J connectivity index is 0.000000114. The molecule has 4 nitrogen and oxygen atoms in total. The average molecular weight is 1080 g/mol. The lowest BCUT2D eigenvalue weighted by atomic mass is 9.76.